The molecule has 1 saturated carbocycles. The van der Waals surface area contributed by atoms with Crippen LogP contribution < -0.4 is 11.3 Å². The number of hydrazine groups is 1. The van der Waals surface area contributed by atoms with Gasteiger partial charge in [0.05, 0.1) is 5.69 Å². The highest BCUT2D eigenvalue weighted by atomic mass is 15.3. The van der Waals surface area contributed by atoms with Gasteiger partial charge < -0.3 is 0 Å². The van der Waals surface area contributed by atoms with Crippen molar-refractivity contribution in [2.24, 2.45) is 17.2 Å². The molecule has 96 valence electrons. The van der Waals surface area contributed by atoms with E-state index < -0.39 is 0 Å². The Morgan fingerprint density at radius 1 is 1.59 bits per heavy atom. The normalized spacial score (nSPS) is 24.0. The Balaban J connectivity index is 1.99. The van der Waals surface area contributed by atoms with Crippen LogP contribution in [0.5, 0.6) is 0 Å². The fraction of sp³-hybridized carbons (Fsp3) is 0.769. The quantitative estimate of drug-likeness (QED) is 0.606. The summed E-state index contributed by atoms with van der Waals surface area (Å²) in [5, 5.41) is 4.58. The summed E-state index contributed by atoms with van der Waals surface area (Å²) in [7, 11) is 0. The summed E-state index contributed by atoms with van der Waals surface area (Å²) in [5.41, 5.74) is 4.53. The molecule has 1 aromatic heterocycles. The fourth-order valence-electron chi connectivity index (χ4n) is 2.51. The third-order valence-corrected chi connectivity index (χ3v) is 3.91. The van der Waals surface area contributed by atoms with Gasteiger partial charge in [-0.25, -0.2) is 0 Å². The lowest BCUT2D eigenvalue weighted by Gasteiger charge is -2.16. The maximum atomic E-state index is 5.66. The Bertz CT molecular complexity index is 381. The summed E-state index contributed by atoms with van der Waals surface area (Å²) < 4.78 is 2.00. The Kier molecular flexibility index (Phi) is 3.27. The van der Waals surface area contributed by atoms with Crippen LogP contribution in [-0.2, 0) is 6.42 Å². The molecule has 0 radical (unpaired) electrons. The average molecular weight is 236 g/mol. The molecule has 4 heteroatoms. The molecule has 2 atom stereocenters. The minimum Gasteiger partial charge on any atom is -0.271 e. The van der Waals surface area contributed by atoms with Crippen LogP contribution in [0.2, 0.25) is 0 Å². The molecule has 0 aromatic carbocycles. The van der Waals surface area contributed by atoms with Gasteiger partial charge in [-0.2, -0.15) is 5.10 Å². The number of nitrogens with two attached hydrogens (primary N) is 1. The van der Waals surface area contributed by atoms with Crippen molar-refractivity contribution in [2.45, 2.75) is 52.6 Å². The van der Waals surface area contributed by atoms with E-state index in [0.717, 1.165) is 12.1 Å². The molecule has 1 aliphatic rings. The number of hydrogen-bond acceptors (Lipinski definition) is 3. The largest absolute Gasteiger partial charge is 0.271 e. The Morgan fingerprint density at radius 3 is 2.65 bits per heavy atom. The van der Waals surface area contributed by atoms with E-state index in [1.54, 1.807) is 0 Å². The lowest BCUT2D eigenvalue weighted by atomic mass is 10.0. The molecule has 2 rings (SSSR count). The lowest BCUT2D eigenvalue weighted by molar-refractivity contribution is 0.403. The van der Waals surface area contributed by atoms with Gasteiger partial charge in [0.15, 0.2) is 0 Å². The second-order valence-corrected chi connectivity index (χ2v) is 6.16. The van der Waals surface area contributed by atoms with Crippen molar-refractivity contribution in [3.63, 3.8) is 0 Å². The van der Waals surface area contributed by atoms with E-state index in [-0.39, 0.29) is 0 Å². The maximum absolute atomic E-state index is 5.66. The van der Waals surface area contributed by atoms with Gasteiger partial charge in [-0.3, -0.25) is 16.0 Å². The first kappa shape index (κ1) is 12.6. The summed E-state index contributed by atoms with van der Waals surface area (Å²) in [6.45, 7) is 8.88. The van der Waals surface area contributed by atoms with Crippen LogP contribution in [0.4, 0.5) is 0 Å². The van der Waals surface area contributed by atoms with E-state index in [2.05, 4.69) is 44.3 Å². The first-order valence-corrected chi connectivity index (χ1v) is 6.44. The number of hydrogen-bond donors (Lipinski definition) is 2. The van der Waals surface area contributed by atoms with Gasteiger partial charge in [0.1, 0.15) is 0 Å². The Hall–Kier alpha value is -0.870. The van der Waals surface area contributed by atoms with Crippen LogP contribution in [-0.4, -0.2) is 15.8 Å². The summed E-state index contributed by atoms with van der Waals surface area (Å²) >= 11 is 0. The van der Waals surface area contributed by atoms with Crippen molar-refractivity contribution in [3.05, 3.63) is 18.0 Å². The average Bonchev–Trinajstić information content (AvgIpc) is 2.71. The van der Waals surface area contributed by atoms with Crippen LogP contribution in [0.1, 0.15) is 45.9 Å². The highest BCUT2D eigenvalue weighted by Crippen LogP contribution is 2.53. The predicted molar refractivity (Wildman–Crippen MR) is 69.3 cm³/mol. The predicted octanol–water partition coefficient (Wildman–Crippen LogP) is 1.88. The molecule has 4 nitrogen and oxygen atoms in total. The van der Waals surface area contributed by atoms with Crippen molar-refractivity contribution in [1.29, 1.82) is 0 Å². The van der Waals surface area contributed by atoms with E-state index >= 15 is 0 Å². The zero-order chi connectivity index (χ0) is 12.6. The molecular formula is C13H24N4. The second-order valence-electron chi connectivity index (χ2n) is 6.16. The van der Waals surface area contributed by atoms with E-state index in [1.807, 2.05) is 10.9 Å². The van der Waals surface area contributed by atoms with Gasteiger partial charge in [-0.15, -0.1) is 0 Å². The Morgan fingerprint density at radius 2 is 2.24 bits per heavy atom. The highest BCUT2D eigenvalue weighted by Gasteiger charge is 2.49. The molecule has 3 N–H and O–H groups in total. The van der Waals surface area contributed by atoms with Crippen LogP contribution >= 0.6 is 0 Å². The molecule has 0 spiro atoms. The third kappa shape index (κ3) is 2.69. The number of nitrogens with zero attached hydrogens (tertiary/aromatic N) is 2. The van der Waals surface area contributed by atoms with Crippen molar-refractivity contribution >= 4 is 0 Å². The van der Waals surface area contributed by atoms with Crippen LogP contribution in [0, 0.1) is 11.3 Å². The molecule has 17 heavy (non-hydrogen) atoms. The van der Waals surface area contributed by atoms with Gasteiger partial charge in [0.2, 0.25) is 0 Å². The summed E-state index contributed by atoms with van der Waals surface area (Å²) in [4.78, 5) is 0. The molecule has 0 amide bonds. The zero-order valence-corrected chi connectivity index (χ0v) is 11.3. The van der Waals surface area contributed by atoms with E-state index in [4.69, 9.17) is 5.84 Å². The summed E-state index contributed by atoms with van der Waals surface area (Å²) in [6.07, 6.45) is 4.22. The number of aromatic nitrogens is 2. The smallest absolute Gasteiger partial charge is 0.0640 e. The van der Waals surface area contributed by atoms with Crippen LogP contribution in [0.25, 0.3) is 0 Å². The summed E-state index contributed by atoms with van der Waals surface area (Å²) in [5.74, 6) is 6.34. The molecule has 2 unspecified atom stereocenters. The molecule has 1 aromatic rings. The van der Waals surface area contributed by atoms with Crippen molar-refractivity contribution in [1.82, 2.24) is 15.2 Å². The number of rotatable bonds is 5. The topological polar surface area (TPSA) is 55.9 Å². The maximum Gasteiger partial charge on any atom is 0.0640 e. The van der Waals surface area contributed by atoms with Crippen molar-refractivity contribution in [2.75, 3.05) is 0 Å². The molecule has 1 fully saturated rings. The molecule has 1 aliphatic carbocycles. The Labute approximate surface area is 104 Å². The van der Waals surface area contributed by atoms with E-state index in [1.165, 1.54) is 6.42 Å². The summed E-state index contributed by atoms with van der Waals surface area (Å²) in [6, 6.07) is 2.87. The van der Waals surface area contributed by atoms with Gasteiger partial charge >= 0.3 is 0 Å². The third-order valence-electron chi connectivity index (χ3n) is 3.91. The van der Waals surface area contributed by atoms with Crippen molar-refractivity contribution in [3.8, 4) is 0 Å². The fourth-order valence-corrected chi connectivity index (χ4v) is 2.51. The van der Waals surface area contributed by atoms with Gasteiger partial charge in [0, 0.05) is 24.7 Å². The SMILES string of the molecule is CC(C)n1ccc(CC(NN)C2CC2(C)C)n1. The minimum absolute atomic E-state index is 0.348. The zero-order valence-electron chi connectivity index (χ0n) is 11.3. The van der Waals surface area contributed by atoms with Crippen LogP contribution in [0.3, 0.4) is 0 Å². The van der Waals surface area contributed by atoms with Crippen LogP contribution in [0.15, 0.2) is 12.3 Å². The first-order chi connectivity index (χ1) is 7.94. The van der Waals surface area contributed by atoms with Crippen molar-refractivity contribution < 1.29 is 0 Å². The lowest BCUT2D eigenvalue weighted by Crippen LogP contribution is -2.39. The van der Waals surface area contributed by atoms with E-state index in [9.17, 15) is 0 Å². The highest BCUT2D eigenvalue weighted by molar-refractivity contribution is 5.08. The van der Waals surface area contributed by atoms with Gasteiger partial charge in [-0.1, -0.05) is 13.8 Å². The molecule has 1 heterocycles. The second kappa shape index (κ2) is 4.42. The minimum atomic E-state index is 0.348. The van der Waals surface area contributed by atoms with Gasteiger partial charge in [-0.05, 0) is 37.7 Å². The monoisotopic (exact) mass is 236 g/mol. The molecule has 0 bridgehead atoms. The standard InChI is InChI=1S/C13H24N4/c1-9(2)17-6-5-10(16-17)7-12(15-14)11-8-13(11,3)4/h5-6,9,11-12,15H,7-8,14H2,1-4H3. The van der Waals surface area contributed by atoms with E-state index in [0.29, 0.717) is 23.4 Å². The number of nitrogens with one attached hydrogen (secondary N) is 1. The molecular weight excluding hydrogens is 212 g/mol. The molecule has 0 aliphatic heterocycles. The molecule has 0 saturated heterocycles. The first-order valence-electron chi connectivity index (χ1n) is 6.44. The van der Waals surface area contributed by atoms with Gasteiger partial charge in [0.25, 0.3) is 0 Å².